The number of hydrogen-bond donors (Lipinski definition) is 1. The Hall–Kier alpha value is -1.55. The van der Waals surface area contributed by atoms with Crippen molar-refractivity contribution in [1.82, 2.24) is 9.13 Å². The Morgan fingerprint density at radius 2 is 1.35 bits per heavy atom. The Morgan fingerprint density at radius 3 is 2.00 bits per heavy atom. The predicted molar refractivity (Wildman–Crippen MR) is 109 cm³/mol. The van der Waals surface area contributed by atoms with Gasteiger partial charge >= 0.3 is 0 Å². The van der Waals surface area contributed by atoms with Gasteiger partial charge in [0.2, 0.25) is 5.62 Å². The fraction of sp³-hybridized carbons (Fsp3) is 0.682. The summed E-state index contributed by atoms with van der Waals surface area (Å²) in [4.78, 5) is 0. The minimum absolute atomic E-state index is 0.481. The molecule has 26 heavy (non-hydrogen) atoms. The number of imidazole rings is 1. The summed E-state index contributed by atoms with van der Waals surface area (Å²) in [6.07, 6.45) is 12.8. The maximum atomic E-state index is 8.53. The highest BCUT2D eigenvalue weighted by Gasteiger charge is 2.09. The van der Waals surface area contributed by atoms with Crippen molar-refractivity contribution in [2.24, 2.45) is 0 Å². The molecule has 0 saturated carbocycles. The highest BCUT2D eigenvalue weighted by atomic mass is 16.5. The summed E-state index contributed by atoms with van der Waals surface area (Å²) >= 11 is 0. The number of benzene rings is 1. The molecule has 4 nitrogen and oxygen atoms in total. The lowest BCUT2D eigenvalue weighted by atomic mass is 10.1. The lowest BCUT2D eigenvalue weighted by molar-refractivity contribution is 0.0729. The SMILES string of the molecule is CCCCCCCCCCOCn1c(=N)n(CCCC)c2ccccc21. The second-order valence-electron chi connectivity index (χ2n) is 7.26. The molecule has 0 fully saturated rings. The highest BCUT2D eigenvalue weighted by molar-refractivity contribution is 5.75. The average molecular weight is 360 g/mol. The van der Waals surface area contributed by atoms with Crippen LogP contribution >= 0.6 is 0 Å². The molecule has 0 aliphatic rings. The first-order valence-electron chi connectivity index (χ1n) is 10.6. The monoisotopic (exact) mass is 359 g/mol. The Kier molecular flexibility index (Phi) is 9.54. The molecule has 0 saturated heterocycles. The molecule has 146 valence electrons. The molecule has 0 bridgehead atoms. The van der Waals surface area contributed by atoms with Crippen molar-refractivity contribution in [1.29, 1.82) is 5.41 Å². The number of unbranched alkanes of at least 4 members (excludes halogenated alkanes) is 8. The second-order valence-corrected chi connectivity index (χ2v) is 7.26. The lowest BCUT2D eigenvalue weighted by Gasteiger charge is -2.07. The Labute approximate surface area is 158 Å². The topological polar surface area (TPSA) is 42.9 Å². The smallest absolute Gasteiger partial charge is 0.204 e. The van der Waals surface area contributed by atoms with Crippen molar-refractivity contribution in [3.8, 4) is 0 Å². The van der Waals surface area contributed by atoms with E-state index in [0.29, 0.717) is 12.3 Å². The van der Waals surface area contributed by atoms with Gasteiger partial charge in [0.1, 0.15) is 6.73 Å². The van der Waals surface area contributed by atoms with E-state index in [1.807, 2.05) is 10.6 Å². The number of aryl methyl sites for hydroxylation is 1. The molecule has 1 N–H and O–H groups in total. The number of fused-ring (bicyclic) bond motifs is 1. The first-order chi connectivity index (χ1) is 12.8. The number of rotatable bonds is 14. The lowest BCUT2D eigenvalue weighted by Crippen LogP contribution is -2.25. The minimum atomic E-state index is 0.481. The normalized spacial score (nSPS) is 11.5. The average Bonchev–Trinajstić information content (AvgIpc) is 2.93. The van der Waals surface area contributed by atoms with Gasteiger partial charge in [-0.2, -0.15) is 0 Å². The van der Waals surface area contributed by atoms with Crippen LogP contribution in [0.5, 0.6) is 0 Å². The van der Waals surface area contributed by atoms with Crippen LogP contribution in [0, 0.1) is 5.41 Å². The predicted octanol–water partition coefficient (Wildman–Crippen LogP) is 5.84. The number of para-hydroxylation sites is 2. The van der Waals surface area contributed by atoms with Crippen LogP contribution in [0.1, 0.15) is 78.1 Å². The highest BCUT2D eigenvalue weighted by Crippen LogP contribution is 2.14. The van der Waals surface area contributed by atoms with E-state index in [9.17, 15) is 0 Å². The molecule has 0 amide bonds. The molecule has 0 aliphatic heterocycles. The maximum Gasteiger partial charge on any atom is 0.204 e. The number of ether oxygens (including phenoxy) is 1. The third-order valence-electron chi connectivity index (χ3n) is 5.07. The first-order valence-corrected chi connectivity index (χ1v) is 10.6. The molecule has 2 aromatic rings. The molecule has 4 heteroatoms. The Bertz CT molecular complexity index is 686. The fourth-order valence-electron chi connectivity index (χ4n) is 3.46. The zero-order valence-corrected chi connectivity index (χ0v) is 16.8. The Morgan fingerprint density at radius 1 is 0.769 bits per heavy atom. The van der Waals surface area contributed by atoms with Gasteiger partial charge in [0, 0.05) is 13.2 Å². The minimum Gasteiger partial charge on any atom is -0.361 e. The number of aromatic nitrogens is 2. The van der Waals surface area contributed by atoms with Crippen molar-refractivity contribution < 1.29 is 4.74 Å². The molecular formula is C22H37N3O. The van der Waals surface area contributed by atoms with E-state index in [4.69, 9.17) is 10.1 Å². The molecule has 0 aliphatic carbocycles. The van der Waals surface area contributed by atoms with Crippen molar-refractivity contribution in [3.63, 3.8) is 0 Å². The van der Waals surface area contributed by atoms with E-state index in [2.05, 4.69) is 36.6 Å². The molecule has 2 rings (SSSR count). The Balaban J connectivity index is 1.78. The van der Waals surface area contributed by atoms with Crippen molar-refractivity contribution in [3.05, 3.63) is 29.9 Å². The van der Waals surface area contributed by atoms with Gasteiger partial charge in [-0.05, 0) is 25.0 Å². The van der Waals surface area contributed by atoms with Crippen LogP contribution in [0.3, 0.4) is 0 Å². The molecule has 0 unspecified atom stereocenters. The van der Waals surface area contributed by atoms with Gasteiger partial charge in [-0.3, -0.25) is 9.98 Å². The van der Waals surface area contributed by atoms with Gasteiger partial charge in [-0.1, -0.05) is 77.3 Å². The van der Waals surface area contributed by atoms with E-state index < -0.39 is 0 Å². The van der Waals surface area contributed by atoms with Crippen molar-refractivity contribution in [2.45, 2.75) is 91.3 Å². The van der Waals surface area contributed by atoms with Gasteiger partial charge in [-0.25, -0.2) is 0 Å². The molecule has 1 heterocycles. The summed E-state index contributed by atoms with van der Waals surface area (Å²) in [6, 6.07) is 8.30. The van der Waals surface area contributed by atoms with Crippen LogP contribution in [0.2, 0.25) is 0 Å². The summed E-state index contributed by atoms with van der Waals surface area (Å²) in [6.45, 7) is 6.63. The first kappa shape index (κ1) is 20.8. The summed E-state index contributed by atoms with van der Waals surface area (Å²) in [5.74, 6) is 0. The van der Waals surface area contributed by atoms with Crippen LogP contribution < -0.4 is 5.62 Å². The molecule has 0 atom stereocenters. The van der Waals surface area contributed by atoms with E-state index in [-0.39, 0.29) is 0 Å². The summed E-state index contributed by atoms with van der Waals surface area (Å²) in [7, 11) is 0. The molecule has 0 spiro atoms. The number of nitrogens with zero attached hydrogens (tertiary/aromatic N) is 2. The zero-order chi connectivity index (χ0) is 18.6. The van der Waals surface area contributed by atoms with Crippen LogP contribution in [-0.2, 0) is 18.0 Å². The van der Waals surface area contributed by atoms with Gasteiger partial charge in [-0.15, -0.1) is 0 Å². The third-order valence-corrected chi connectivity index (χ3v) is 5.07. The van der Waals surface area contributed by atoms with E-state index >= 15 is 0 Å². The van der Waals surface area contributed by atoms with Crippen molar-refractivity contribution >= 4 is 11.0 Å². The van der Waals surface area contributed by atoms with Gasteiger partial charge in [0.15, 0.2) is 0 Å². The summed E-state index contributed by atoms with van der Waals surface area (Å²) in [5, 5.41) is 8.53. The number of hydrogen-bond acceptors (Lipinski definition) is 2. The second kappa shape index (κ2) is 11.9. The molecule has 0 radical (unpaired) electrons. The summed E-state index contributed by atoms with van der Waals surface area (Å²) in [5.41, 5.74) is 2.79. The standard InChI is InChI=1S/C22H37N3O/c1-3-5-7-8-9-10-11-14-18-26-19-25-21-16-13-12-15-20(21)24(22(25)23)17-6-4-2/h12-13,15-16,23H,3-11,14,17-19H2,1-2H3. The van der Waals surface area contributed by atoms with Crippen LogP contribution in [-0.4, -0.2) is 15.7 Å². The largest absolute Gasteiger partial charge is 0.361 e. The maximum absolute atomic E-state index is 8.53. The van der Waals surface area contributed by atoms with Gasteiger partial charge < -0.3 is 9.30 Å². The van der Waals surface area contributed by atoms with Crippen LogP contribution in [0.25, 0.3) is 11.0 Å². The molecular weight excluding hydrogens is 322 g/mol. The van der Waals surface area contributed by atoms with Crippen molar-refractivity contribution in [2.75, 3.05) is 6.61 Å². The van der Waals surface area contributed by atoms with E-state index in [1.165, 1.54) is 44.9 Å². The van der Waals surface area contributed by atoms with Gasteiger partial charge in [0.05, 0.1) is 11.0 Å². The van der Waals surface area contributed by atoms with Crippen LogP contribution in [0.4, 0.5) is 0 Å². The van der Waals surface area contributed by atoms with E-state index in [1.54, 1.807) is 0 Å². The molecule has 1 aromatic heterocycles. The van der Waals surface area contributed by atoms with E-state index in [0.717, 1.165) is 43.4 Å². The zero-order valence-electron chi connectivity index (χ0n) is 16.8. The molecule has 1 aromatic carbocycles. The summed E-state index contributed by atoms with van der Waals surface area (Å²) < 4.78 is 10.0. The third kappa shape index (κ3) is 6.01. The van der Waals surface area contributed by atoms with Crippen LogP contribution in [0.15, 0.2) is 24.3 Å². The quantitative estimate of drug-likeness (QED) is 0.423. The fourth-order valence-corrected chi connectivity index (χ4v) is 3.46. The number of nitrogens with one attached hydrogen (secondary N) is 1. The van der Waals surface area contributed by atoms with Gasteiger partial charge in [0.25, 0.3) is 0 Å².